The fourth-order valence-electron chi connectivity index (χ4n) is 2.00. The van der Waals surface area contributed by atoms with Crippen molar-refractivity contribution in [3.63, 3.8) is 0 Å². The van der Waals surface area contributed by atoms with E-state index in [2.05, 4.69) is 23.7 Å². The molecule has 0 N–H and O–H groups in total. The van der Waals surface area contributed by atoms with E-state index in [0.29, 0.717) is 6.04 Å². The van der Waals surface area contributed by atoms with Crippen molar-refractivity contribution in [2.45, 2.75) is 33.4 Å². The van der Waals surface area contributed by atoms with Gasteiger partial charge in [-0.1, -0.05) is 6.07 Å². The number of oxazole rings is 1. The van der Waals surface area contributed by atoms with E-state index in [1.165, 1.54) is 0 Å². The van der Waals surface area contributed by atoms with Gasteiger partial charge in [-0.25, -0.2) is 4.98 Å². The Bertz CT molecular complexity index is 520. The molecular weight excluding hydrogens is 272 g/mol. The molecule has 0 bridgehead atoms. The molecule has 2 aromatic rings. The van der Waals surface area contributed by atoms with Crippen LogP contribution in [0.2, 0.25) is 0 Å². The molecule has 0 atom stereocenters. The topological polar surface area (TPSA) is 38.5 Å². The Kier molecular flexibility index (Phi) is 5.34. The van der Waals surface area contributed by atoms with Crippen molar-refractivity contribution < 1.29 is 9.15 Å². The minimum atomic E-state index is 0.450. The van der Waals surface area contributed by atoms with Crippen LogP contribution in [0.25, 0.3) is 10.8 Å². The van der Waals surface area contributed by atoms with Gasteiger partial charge in [-0.15, -0.1) is 11.3 Å². The van der Waals surface area contributed by atoms with Gasteiger partial charge in [0.25, 0.3) is 0 Å². The maximum Gasteiger partial charge on any atom is 0.236 e. The van der Waals surface area contributed by atoms with Crippen molar-refractivity contribution in [1.29, 1.82) is 0 Å². The number of thiophene rings is 1. The summed E-state index contributed by atoms with van der Waals surface area (Å²) in [6.45, 7) is 8.77. The molecule has 0 radical (unpaired) electrons. The van der Waals surface area contributed by atoms with E-state index in [1.807, 2.05) is 24.4 Å². The second-order valence-corrected chi connectivity index (χ2v) is 6.00. The van der Waals surface area contributed by atoms with Gasteiger partial charge in [-0.05, 0) is 32.2 Å². The molecule has 0 fully saturated rings. The van der Waals surface area contributed by atoms with Crippen molar-refractivity contribution in [2.24, 2.45) is 0 Å². The second kappa shape index (κ2) is 7.02. The van der Waals surface area contributed by atoms with E-state index < -0.39 is 0 Å². The number of ether oxygens (including phenoxy) is 1. The molecular formula is C15H22N2O2S. The predicted molar refractivity (Wildman–Crippen MR) is 82.0 cm³/mol. The molecule has 20 heavy (non-hydrogen) atoms. The summed E-state index contributed by atoms with van der Waals surface area (Å²) in [7, 11) is 1.73. The molecule has 0 aliphatic carbocycles. The maximum atomic E-state index is 5.79. The average Bonchev–Trinajstić information content (AvgIpc) is 3.04. The van der Waals surface area contributed by atoms with Gasteiger partial charge < -0.3 is 9.15 Å². The minimum absolute atomic E-state index is 0.450. The molecule has 0 unspecified atom stereocenters. The Morgan fingerprint density at radius 3 is 2.85 bits per heavy atom. The smallest absolute Gasteiger partial charge is 0.236 e. The Morgan fingerprint density at radius 2 is 2.25 bits per heavy atom. The first-order chi connectivity index (χ1) is 9.61. The van der Waals surface area contributed by atoms with Gasteiger partial charge in [0, 0.05) is 26.2 Å². The fourth-order valence-corrected chi connectivity index (χ4v) is 2.65. The van der Waals surface area contributed by atoms with Crippen LogP contribution in [0, 0.1) is 6.92 Å². The fraction of sp³-hybridized carbons (Fsp3) is 0.533. The van der Waals surface area contributed by atoms with E-state index in [0.717, 1.165) is 41.9 Å². The summed E-state index contributed by atoms with van der Waals surface area (Å²) < 4.78 is 11.0. The van der Waals surface area contributed by atoms with Gasteiger partial charge in [0.15, 0.2) is 0 Å². The monoisotopic (exact) mass is 294 g/mol. The molecule has 0 saturated heterocycles. The van der Waals surface area contributed by atoms with Crippen molar-refractivity contribution in [2.75, 3.05) is 20.3 Å². The van der Waals surface area contributed by atoms with Gasteiger partial charge in [-0.3, -0.25) is 4.90 Å². The number of aromatic nitrogens is 1. The first kappa shape index (κ1) is 15.2. The molecule has 0 aromatic carbocycles. The molecule has 0 amide bonds. The Morgan fingerprint density at radius 1 is 1.45 bits per heavy atom. The lowest BCUT2D eigenvalue weighted by Crippen LogP contribution is -2.33. The molecule has 2 rings (SSSR count). The third kappa shape index (κ3) is 3.69. The van der Waals surface area contributed by atoms with E-state index in [-0.39, 0.29) is 0 Å². The number of hydrogen-bond acceptors (Lipinski definition) is 5. The standard InChI is InChI=1S/C15H22N2O2S/c1-11(2)17(7-8-18-4)10-13-12(3)19-15(16-13)14-6-5-9-20-14/h5-6,9,11H,7-8,10H2,1-4H3. The Labute approximate surface area is 124 Å². The molecule has 0 saturated carbocycles. The third-order valence-corrected chi connectivity index (χ3v) is 4.15. The lowest BCUT2D eigenvalue weighted by atomic mass is 10.2. The van der Waals surface area contributed by atoms with Crippen molar-refractivity contribution >= 4 is 11.3 Å². The highest BCUT2D eigenvalue weighted by Crippen LogP contribution is 2.26. The molecule has 0 spiro atoms. The zero-order valence-corrected chi connectivity index (χ0v) is 13.4. The SMILES string of the molecule is COCCN(Cc1nc(-c2cccs2)oc1C)C(C)C. The van der Waals surface area contributed by atoms with Crippen LogP contribution in [0.4, 0.5) is 0 Å². The van der Waals surface area contributed by atoms with Gasteiger partial charge in [0.2, 0.25) is 5.89 Å². The lowest BCUT2D eigenvalue weighted by molar-refractivity contribution is 0.124. The number of aryl methyl sites for hydroxylation is 1. The largest absolute Gasteiger partial charge is 0.440 e. The second-order valence-electron chi connectivity index (χ2n) is 5.06. The first-order valence-corrected chi connectivity index (χ1v) is 7.73. The summed E-state index contributed by atoms with van der Waals surface area (Å²) in [5.74, 6) is 1.62. The van der Waals surface area contributed by atoms with Crippen molar-refractivity contribution in [1.82, 2.24) is 9.88 Å². The summed E-state index contributed by atoms with van der Waals surface area (Å²) in [5.41, 5.74) is 1.01. The predicted octanol–water partition coefficient (Wildman–Crippen LogP) is 3.57. The zero-order chi connectivity index (χ0) is 14.5. The van der Waals surface area contributed by atoms with Crippen LogP contribution in [0.3, 0.4) is 0 Å². The van der Waals surface area contributed by atoms with Crippen LogP contribution in [0.1, 0.15) is 25.3 Å². The highest BCUT2D eigenvalue weighted by Gasteiger charge is 2.17. The highest BCUT2D eigenvalue weighted by atomic mass is 32.1. The number of rotatable bonds is 7. The molecule has 0 aliphatic heterocycles. The van der Waals surface area contributed by atoms with Gasteiger partial charge in [0.05, 0.1) is 17.2 Å². The summed E-state index contributed by atoms with van der Waals surface area (Å²) >= 11 is 1.65. The van der Waals surface area contributed by atoms with E-state index in [9.17, 15) is 0 Å². The summed E-state index contributed by atoms with van der Waals surface area (Å²) in [6, 6.07) is 4.50. The molecule has 2 aromatic heterocycles. The lowest BCUT2D eigenvalue weighted by Gasteiger charge is -2.25. The van der Waals surface area contributed by atoms with Gasteiger partial charge in [-0.2, -0.15) is 0 Å². The molecule has 2 heterocycles. The van der Waals surface area contributed by atoms with E-state index in [4.69, 9.17) is 9.15 Å². The van der Waals surface area contributed by atoms with Crippen molar-refractivity contribution in [3.8, 4) is 10.8 Å². The number of nitrogens with zero attached hydrogens (tertiary/aromatic N) is 2. The van der Waals surface area contributed by atoms with Crippen molar-refractivity contribution in [3.05, 3.63) is 29.0 Å². The van der Waals surface area contributed by atoms with Gasteiger partial charge in [0.1, 0.15) is 5.76 Å². The summed E-state index contributed by atoms with van der Waals surface area (Å²) in [6.07, 6.45) is 0. The van der Waals surface area contributed by atoms with Crippen LogP contribution < -0.4 is 0 Å². The number of hydrogen-bond donors (Lipinski definition) is 0. The van der Waals surface area contributed by atoms with Crippen LogP contribution in [0.5, 0.6) is 0 Å². The first-order valence-electron chi connectivity index (χ1n) is 6.85. The normalized spacial score (nSPS) is 11.7. The average molecular weight is 294 g/mol. The van der Waals surface area contributed by atoms with Crippen LogP contribution in [0.15, 0.2) is 21.9 Å². The van der Waals surface area contributed by atoms with Gasteiger partial charge >= 0.3 is 0 Å². The summed E-state index contributed by atoms with van der Waals surface area (Å²) in [5, 5.41) is 2.04. The minimum Gasteiger partial charge on any atom is -0.440 e. The third-order valence-electron chi connectivity index (χ3n) is 3.29. The summed E-state index contributed by atoms with van der Waals surface area (Å²) in [4.78, 5) is 8.06. The van der Waals surface area contributed by atoms with E-state index >= 15 is 0 Å². The molecule has 5 heteroatoms. The van der Waals surface area contributed by atoms with Crippen LogP contribution in [-0.2, 0) is 11.3 Å². The number of methoxy groups -OCH3 is 1. The molecule has 110 valence electrons. The molecule has 0 aliphatic rings. The highest BCUT2D eigenvalue weighted by molar-refractivity contribution is 7.13. The maximum absolute atomic E-state index is 5.79. The van der Waals surface area contributed by atoms with E-state index in [1.54, 1.807) is 18.4 Å². The van der Waals surface area contributed by atoms with Crippen LogP contribution in [-0.4, -0.2) is 36.2 Å². The Balaban J connectivity index is 2.12. The molecule has 4 nitrogen and oxygen atoms in total. The zero-order valence-electron chi connectivity index (χ0n) is 12.5. The van der Waals surface area contributed by atoms with Crippen LogP contribution >= 0.6 is 11.3 Å². The Hall–Kier alpha value is -1.17. The quantitative estimate of drug-likeness (QED) is 0.782.